The molecule has 0 N–H and O–H groups in total. The molecule has 1 fully saturated rings. The van der Waals surface area contributed by atoms with E-state index < -0.39 is 0 Å². The van der Waals surface area contributed by atoms with E-state index in [1.54, 1.807) is 14.2 Å². The molecule has 2 rings (SSSR count). The van der Waals surface area contributed by atoms with Crippen LogP contribution in [0.5, 0.6) is 11.5 Å². The molecule has 0 aromatic heterocycles. The van der Waals surface area contributed by atoms with Crippen molar-refractivity contribution in [1.29, 1.82) is 0 Å². The summed E-state index contributed by atoms with van der Waals surface area (Å²) >= 11 is 0. The van der Waals surface area contributed by atoms with E-state index in [0.29, 0.717) is 6.10 Å². The van der Waals surface area contributed by atoms with Crippen molar-refractivity contribution in [2.45, 2.75) is 19.1 Å². The molecule has 0 spiro atoms. The predicted octanol–water partition coefficient (Wildman–Crippen LogP) is 2.16. The Morgan fingerprint density at radius 2 is 1.57 bits per heavy atom. The smallest absolute Gasteiger partial charge is 0.122 e. The van der Waals surface area contributed by atoms with E-state index in [2.05, 4.69) is 6.92 Å². The van der Waals surface area contributed by atoms with Crippen molar-refractivity contribution in [3.63, 3.8) is 0 Å². The summed E-state index contributed by atoms with van der Waals surface area (Å²) in [5, 5.41) is 0. The van der Waals surface area contributed by atoms with Crippen LogP contribution < -0.4 is 9.47 Å². The number of epoxide rings is 1. The summed E-state index contributed by atoms with van der Waals surface area (Å²) in [6.45, 7) is 2.05. The lowest BCUT2D eigenvalue weighted by Gasteiger charge is -2.06. The second-order valence-electron chi connectivity index (χ2n) is 3.41. The second kappa shape index (κ2) is 3.50. The van der Waals surface area contributed by atoms with Gasteiger partial charge in [0.2, 0.25) is 0 Å². The lowest BCUT2D eigenvalue weighted by atomic mass is 10.1. The molecule has 1 heterocycles. The molecule has 1 aliphatic heterocycles. The fraction of sp³-hybridized carbons (Fsp3) is 0.455. The third kappa shape index (κ3) is 1.68. The van der Waals surface area contributed by atoms with Crippen LogP contribution in [0.25, 0.3) is 0 Å². The Balaban J connectivity index is 2.30. The maximum Gasteiger partial charge on any atom is 0.122 e. The molecule has 1 saturated heterocycles. The SMILES string of the molecule is COc1cc(OC)cc([C@@H]2O[C@@H]2C)c1. The van der Waals surface area contributed by atoms with Crippen molar-refractivity contribution in [2.75, 3.05) is 14.2 Å². The van der Waals surface area contributed by atoms with Gasteiger partial charge in [-0.15, -0.1) is 0 Å². The molecule has 76 valence electrons. The fourth-order valence-electron chi connectivity index (χ4n) is 1.53. The van der Waals surface area contributed by atoms with Gasteiger partial charge >= 0.3 is 0 Å². The first-order valence-corrected chi connectivity index (χ1v) is 4.63. The maximum atomic E-state index is 5.39. The molecule has 3 heteroatoms. The van der Waals surface area contributed by atoms with Gasteiger partial charge in [-0.25, -0.2) is 0 Å². The topological polar surface area (TPSA) is 31.0 Å². The Morgan fingerprint density at radius 3 is 1.93 bits per heavy atom. The molecule has 0 unspecified atom stereocenters. The predicted molar refractivity (Wildman–Crippen MR) is 52.8 cm³/mol. The molecule has 0 bridgehead atoms. The zero-order valence-corrected chi connectivity index (χ0v) is 8.61. The first kappa shape index (κ1) is 9.34. The monoisotopic (exact) mass is 194 g/mol. The normalized spacial score (nSPS) is 24.5. The molecular formula is C11H14O3. The van der Waals surface area contributed by atoms with E-state index in [9.17, 15) is 0 Å². The van der Waals surface area contributed by atoms with Crippen LogP contribution in [-0.2, 0) is 4.74 Å². The molecule has 14 heavy (non-hydrogen) atoms. The van der Waals surface area contributed by atoms with Gasteiger partial charge in [0, 0.05) is 6.07 Å². The van der Waals surface area contributed by atoms with E-state index in [-0.39, 0.29) is 6.10 Å². The highest BCUT2D eigenvalue weighted by atomic mass is 16.6. The molecule has 1 aliphatic rings. The summed E-state index contributed by atoms with van der Waals surface area (Å²) in [5.41, 5.74) is 1.12. The number of methoxy groups -OCH3 is 2. The van der Waals surface area contributed by atoms with Gasteiger partial charge in [0.15, 0.2) is 0 Å². The van der Waals surface area contributed by atoms with Crippen LogP contribution in [0.2, 0.25) is 0 Å². The first-order valence-electron chi connectivity index (χ1n) is 4.63. The minimum absolute atomic E-state index is 0.207. The van der Waals surface area contributed by atoms with Crippen molar-refractivity contribution < 1.29 is 14.2 Å². The Bertz CT molecular complexity index is 313. The minimum atomic E-state index is 0.207. The Morgan fingerprint density at radius 1 is 1.07 bits per heavy atom. The number of benzene rings is 1. The van der Waals surface area contributed by atoms with Gasteiger partial charge < -0.3 is 14.2 Å². The quantitative estimate of drug-likeness (QED) is 0.691. The number of rotatable bonds is 3. The molecule has 0 radical (unpaired) electrons. The van der Waals surface area contributed by atoms with Crippen molar-refractivity contribution in [1.82, 2.24) is 0 Å². The van der Waals surface area contributed by atoms with Crippen LogP contribution in [-0.4, -0.2) is 20.3 Å². The number of hydrogen-bond acceptors (Lipinski definition) is 3. The van der Waals surface area contributed by atoms with Crippen LogP contribution in [0.4, 0.5) is 0 Å². The van der Waals surface area contributed by atoms with Crippen LogP contribution >= 0.6 is 0 Å². The zero-order valence-electron chi connectivity index (χ0n) is 8.61. The van der Waals surface area contributed by atoms with Gasteiger partial charge in [-0.1, -0.05) is 0 Å². The van der Waals surface area contributed by atoms with Gasteiger partial charge in [0.05, 0.1) is 20.3 Å². The van der Waals surface area contributed by atoms with Gasteiger partial charge in [-0.05, 0) is 24.6 Å². The summed E-state index contributed by atoms with van der Waals surface area (Å²) in [5.74, 6) is 1.61. The molecule has 0 aliphatic carbocycles. The lowest BCUT2D eigenvalue weighted by molar-refractivity contribution is 0.375. The first-order chi connectivity index (χ1) is 6.74. The van der Waals surface area contributed by atoms with Gasteiger partial charge in [0.25, 0.3) is 0 Å². The highest BCUT2D eigenvalue weighted by molar-refractivity contribution is 5.40. The minimum Gasteiger partial charge on any atom is -0.497 e. The van der Waals surface area contributed by atoms with E-state index >= 15 is 0 Å². The van der Waals surface area contributed by atoms with Crippen molar-refractivity contribution in [2.24, 2.45) is 0 Å². The van der Waals surface area contributed by atoms with E-state index in [4.69, 9.17) is 14.2 Å². The Labute approximate surface area is 83.6 Å². The molecule has 1 aromatic carbocycles. The van der Waals surface area contributed by atoms with E-state index in [1.165, 1.54) is 0 Å². The zero-order chi connectivity index (χ0) is 10.1. The van der Waals surface area contributed by atoms with Crippen molar-refractivity contribution in [3.8, 4) is 11.5 Å². The van der Waals surface area contributed by atoms with Crippen molar-refractivity contribution in [3.05, 3.63) is 23.8 Å². The van der Waals surface area contributed by atoms with Gasteiger partial charge in [0.1, 0.15) is 17.6 Å². The third-order valence-corrected chi connectivity index (χ3v) is 2.41. The molecule has 0 saturated carbocycles. The van der Waals surface area contributed by atoms with Crippen LogP contribution in [0, 0.1) is 0 Å². The highest BCUT2D eigenvalue weighted by Crippen LogP contribution is 2.40. The van der Waals surface area contributed by atoms with Crippen LogP contribution in [0.15, 0.2) is 18.2 Å². The summed E-state index contributed by atoms with van der Waals surface area (Å²) < 4.78 is 15.7. The highest BCUT2D eigenvalue weighted by Gasteiger charge is 2.36. The Hall–Kier alpha value is -1.22. The largest absolute Gasteiger partial charge is 0.497 e. The lowest BCUT2D eigenvalue weighted by Crippen LogP contribution is -1.91. The molecule has 1 aromatic rings. The summed E-state index contributed by atoms with van der Waals surface area (Å²) in [6.07, 6.45) is 0.519. The molecule has 2 atom stereocenters. The summed E-state index contributed by atoms with van der Waals surface area (Å²) in [4.78, 5) is 0. The maximum absolute atomic E-state index is 5.39. The second-order valence-corrected chi connectivity index (χ2v) is 3.41. The van der Waals surface area contributed by atoms with Gasteiger partial charge in [-0.2, -0.15) is 0 Å². The van der Waals surface area contributed by atoms with E-state index in [1.807, 2.05) is 18.2 Å². The molecular weight excluding hydrogens is 180 g/mol. The molecule has 0 amide bonds. The Kier molecular flexibility index (Phi) is 2.33. The fourth-order valence-corrected chi connectivity index (χ4v) is 1.53. The standard InChI is InChI=1S/C11H14O3/c1-7-11(14-7)8-4-9(12-2)6-10(5-8)13-3/h4-7,11H,1-3H3/t7-,11-/m1/s1. The van der Waals surface area contributed by atoms with Crippen LogP contribution in [0.1, 0.15) is 18.6 Å². The average Bonchev–Trinajstić information content (AvgIpc) is 2.94. The van der Waals surface area contributed by atoms with Gasteiger partial charge in [-0.3, -0.25) is 0 Å². The average molecular weight is 194 g/mol. The summed E-state index contributed by atoms with van der Waals surface area (Å²) in [6, 6.07) is 5.82. The number of hydrogen-bond donors (Lipinski definition) is 0. The number of ether oxygens (including phenoxy) is 3. The third-order valence-electron chi connectivity index (χ3n) is 2.41. The van der Waals surface area contributed by atoms with E-state index in [0.717, 1.165) is 17.1 Å². The van der Waals surface area contributed by atoms with Crippen molar-refractivity contribution >= 4 is 0 Å². The molecule has 3 nitrogen and oxygen atoms in total. The summed E-state index contributed by atoms with van der Waals surface area (Å²) in [7, 11) is 3.30. The van der Waals surface area contributed by atoms with Crippen LogP contribution in [0.3, 0.4) is 0 Å².